The van der Waals surface area contributed by atoms with Gasteiger partial charge in [-0.05, 0) is 6.26 Å². The summed E-state index contributed by atoms with van der Waals surface area (Å²) in [4.78, 5) is 26.2. The van der Waals surface area contributed by atoms with E-state index in [-0.39, 0.29) is 31.1 Å². The number of amides is 4. The molecule has 0 aliphatic carbocycles. The minimum atomic E-state index is -0.628. The number of urea groups is 2. The van der Waals surface area contributed by atoms with E-state index in [1.165, 1.54) is 0 Å². The van der Waals surface area contributed by atoms with E-state index in [4.69, 9.17) is 10.5 Å². The van der Waals surface area contributed by atoms with Gasteiger partial charge in [-0.3, -0.25) is 5.32 Å². The number of thioether (sulfide) groups is 1. The summed E-state index contributed by atoms with van der Waals surface area (Å²) in [6, 6.07) is 2.60. The number of rotatable bonds is 4. The van der Waals surface area contributed by atoms with Crippen molar-refractivity contribution in [1.82, 2.24) is 16.0 Å². The Kier molecular flexibility index (Phi) is 9.57. The minimum Gasteiger partial charge on any atom is -0.337 e. The predicted molar refractivity (Wildman–Crippen MR) is 71.3 cm³/mol. The highest BCUT2D eigenvalue weighted by Crippen LogP contribution is 1.95. The molecule has 0 aliphatic heterocycles. The second-order valence-corrected chi connectivity index (χ2v) is 3.85. The maximum Gasteiger partial charge on any atom is 0.343 e. The van der Waals surface area contributed by atoms with E-state index < -0.39 is 12.1 Å². The van der Waals surface area contributed by atoms with Gasteiger partial charge in [-0.25, -0.2) is 9.59 Å². The van der Waals surface area contributed by atoms with Crippen molar-refractivity contribution in [1.29, 1.82) is 10.5 Å². The van der Waals surface area contributed by atoms with Gasteiger partial charge >= 0.3 is 12.1 Å². The Labute approximate surface area is 115 Å². The van der Waals surface area contributed by atoms with Crippen LogP contribution in [0.5, 0.6) is 0 Å². The Morgan fingerprint density at radius 2 is 1.74 bits per heavy atom. The smallest absolute Gasteiger partial charge is 0.337 e. The predicted octanol–water partition coefficient (Wildman–Crippen LogP) is 0.542. The monoisotopic (exact) mass is 282 g/mol. The molecule has 0 spiro atoms. The molecule has 4 amide bonds. The average Bonchev–Trinajstić information content (AvgIpc) is 2.38. The SMILES string of the molecule is CSC(=NC(=O)NCCC#N)NC(=O)NCCC#N. The van der Waals surface area contributed by atoms with Crippen molar-refractivity contribution in [2.45, 2.75) is 12.8 Å². The van der Waals surface area contributed by atoms with Crippen LogP contribution in [-0.4, -0.2) is 36.6 Å². The van der Waals surface area contributed by atoms with Gasteiger partial charge in [0.05, 0.1) is 25.0 Å². The Bertz CT molecular complexity index is 423. The largest absolute Gasteiger partial charge is 0.343 e. The fraction of sp³-hybridized carbons (Fsp3) is 0.500. The van der Waals surface area contributed by atoms with Gasteiger partial charge in [0.1, 0.15) is 0 Å². The number of nitriles is 2. The lowest BCUT2D eigenvalue weighted by molar-refractivity contribution is 0.245. The number of nitrogens with zero attached hydrogens (tertiary/aromatic N) is 3. The summed E-state index contributed by atoms with van der Waals surface area (Å²) < 4.78 is 0. The van der Waals surface area contributed by atoms with E-state index in [1.54, 1.807) is 6.26 Å². The van der Waals surface area contributed by atoms with Crippen LogP contribution in [0.1, 0.15) is 12.8 Å². The van der Waals surface area contributed by atoms with Gasteiger partial charge in [0, 0.05) is 13.1 Å². The Balaban J connectivity index is 4.18. The minimum absolute atomic E-state index is 0.129. The highest BCUT2D eigenvalue weighted by atomic mass is 32.2. The van der Waals surface area contributed by atoms with Gasteiger partial charge in [-0.15, -0.1) is 0 Å². The first kappa shape index (κ1) is 16.7. The molecule has 0 unspecified atom stereocenters. The lowest BCUT2D eigenvalue weighted by atomic mass is 10.5. The zero-order valence-corrected chi connectivity index (χ0v) is 11.2. The molecule has 0 radical (unpaired) electrons. The zero-order chi connectivity index (χ0) is 14.5. The van der Waals surface area contributed by atoms with E-state index in [0.29, 0.717) is 0 Å². The highest BCUT2D eigenvalue weighted by molar-refractivity contribution is 8.13. The molecule has 3 N–H and O–H groups in total. The molecule has 0 aromatic rings. The summed E-state index contributed by atoms with van der Waals surface area (Å²) in [5.41, 5.74) is 0. The number of hydrogen-bond donors (Lipinski definition) is 3. The zero-order valence-electron chi connectivity index (χ0n) is 10.4. The molecule has 0 bridgehead atoms. The van der Waals surface area contributed by atoms with E-state index in [0.717, 1.165) is 11.8 Å². The molecule has 0 fully saturated rings. The Hall–Kier alpha value is -2.26. The first-order chi connectivity index (χ1) is 9.13. The summed E-state index contributed by atoms with van der Waals surface area (Å²) in [6.07, 6.45) is 2.04. The fourth-order valence-corrected chi connectivity index (χ4v) is 1.22. The van der Waals surface area contributed by atoms with Crippen LogP contribution in [0.2, 0.25) is 0 Å². The number of nitrogens with one attached hydrogen (secondary N) is 3. The van der Waals surface area contributed by atoms with Crippen molar-refractivity contribution in [3.05, 3.63) is 0 Å². The molecule has 0 saturated carbocycles. The summed E-state index contributed by atoms with van der Waals surface area (Å²) >= 11 is 1.09. The van der Waals surface area contributed by atoms with Crippen molar-refractivity contribution in [2.75, 3.05) is 19.3 Å². The summed E-state index contributed by atoms with van der Waals surface area (Å²) in [6.45, 7) is 0.424. The van der Waals surface area contributed by atoms with Gasteiger partial charge in [-0.2, -0.15) is 15.5 Å². The normalized spacial score (nSPS) is 9.95. The van der Waals surface area contributed by atoms with E-state index in [2.05, 4.69) is 20.9 Å². The van der Waals surface area contributed by atoms with E-state index >= 15 is 0 Å². The van der Waals surface area contributed by atoms with Crippen LogP contribution in [0.15, 0.2) is 4.99 Å². The third-order valence-corrected chi connectivity index (χ3v) is 2.23. The van der Waals surface area contributed by atoms with Crippen LogP contribution >= 0.6 is 11.8 Å². The molecular formula is C10H14N6O2S. The fourth-order valence-electron chi connectivity index (χ4n) is 0.855. The molecule has 0 heterocycles. The lowest BCUT2D eigenvalue weighted by Gasteiger charge is -2.06. The average molecular weight is 282 g/mol. The van der Waals surface area contributed by atoms with Gasteiger partial charge in [0.15, 0.2) is 5.17 Å². The highest BCUT2D eigenvalue weighted by Gasteiger charge is 2.06. The second kappa shape index (κ2) is 10.9. The van der Waals surface area contributed by atoms with Crippen LogP contribution in [0, 0.1) is 22.7 Å². The van der Waals surface area contributed by atoms with Crippen molar-refractivity contribution in [2.24, 2.45) is 4.99 Å². The van der Waals surface area contributed by atoms with Crippen LogP contribution in [0.25, 0.3) is 0 Å². The van der Waals surface area contributed by atoms with Gasteiger partial charge in [-0.1, -0.05) is 11.8 Å². The number of hydrogen-bond acceptors (Lipinski definition) is 5. The third kappa shape index (κ3) is 9.44. The second-order valence-electron chi connectivity index (χ2n) is 3.05. The molecule has 19 heavy (non-hydrogen) atoms. The number of carbonyl (C=O) groups excluding carboxylic acids is 2. The van der Waals surface area contributed by atoms with Gasteiger partial charge in [0.2, 0.25) is 0 Å². The number of amidine groups is 1. The topological polar surface area (TPSA) is 130 Å². The van der Waals surface area contributed by atoms with Crippen LogP contribution < -0.4 is 16.0 Å². The van der Waals surface area contributed by atoms with Crippen LogP contribution in [0.4, 0.5) is 9.59 Å². The van der Waals surface area contributed by atoms with Crippen molar-refractivity contribution in [3.63, 3.8) is 0 Å². The number of aliphatic imine (C=N–C) groups is 1. The van der Waals surface area contributed by atoms with Crippen molar-refractivity contribution in [3.8, 4) is 12.1 Å². The molecular weight excluding hydrogens is 268 g/mol. The lowest BCUT2D eigenvalue weighted by Crippen LogP contribution is -2.39. The Morgan fingerprint density at radius 3 is 2.26 bits per heavy atom. The molecule has 0 aromatic heterocycles. The van der Waals surface area contributed by atoms with E-state index in [9.17, 15) is 9.59 Å². The van der Waals surface area contributed by atoms with Crippen molar-refractivity contribution < 1.29 is 9.59 Å². The maximum absolute atomic E-state index is 11.3. The molecule has 0 saturated heterocycles. The van der Waals surface area contributed by atoms with Crippen LogP contribution in [0.3, 0.4) is 0 Å². The maximum atomic E-state index is 11.3. The molecule has 0 aromatic carbocycles. The summed E-state index contributed by atoms with van der Waals surface area (Å²) in [5, 5.41) is 23.9. The van der Waals surface area contributed by atoms with Crippen LogP contribution in [-0.2, 0) is 0 Å². The first-order valence-corrected chi connectivity index (χ1v) is 6.55. The first-order valence-electron chi connectivity index (χ1n) is 5.33. The standard InChI is InChI=1S/C10H14N6O2S/c1-19-10(15-8(17)13-6-2-4-11)16-9(18)14-7-3-5-12/h2-3,6-7H2,1H3,(H3,13,14,15,16,17,18). The molecule has 102 valence electrons. The summed E-state index contributed by atoms with van der Waals surface area (Å²) in [7, 11) is 0. The van der Waals surface area contributed by atoms with Crippen molar-refractivity contribution >= 4 is 29.0 Å². The molecule has 9 heteroatoms. The molecule has 0 atom stereocenters. The Morgan fingerprint density at radius 1 is 1.16 bits per heavy atom. The number of carbonyl (C=O) groups is 2. The molecule has 8 nitrogen and oxygen atoms in total. The van der Waals surface area contributed by atoms with E-state index in [1.807, 2.05) is 12.1 Å². The molecule has 0 aliphatic rings. The summed E-state index contributed by atoms with van der Waals surface area (Å²) in [5.74, 6) is 0. The molecule has 0 rings (SSSR count). The quantitative estimate of drug-likeness (QED) is 0.393. The third-order valence-electron chi connectivity index (χ3n) is 1.65. The van der Waals surface area contributed by atoms with Gasteiger partial charge < -0.3 is 10.6 Å². The van der Waals surface area contributed by atoms with Gasteiger partial charge in [0.25, 0.3) is 0 Å².